The smallest absolute Gasteiger partial charge is 0.325 e. The van der Waals surface area contributed by atoms with Gasteiger partial charge in [0.2, 0.25) is 0 Å². The second-order valence-electron chi connectivity index (χ2n) is 4.23. The van der Waals surface area contributed by atoms with Crippen LogP contribution in [-0.2, 0) is 6.42 Å². The molecule has 0 saturated carbocycles. The molecule has 1 aromatic carbocycles. The first-order chi connectivity index (χ1) is 8.65. The number of rotatable bonds is 2. The van der Waals surface area contributed by atoms with E-state index in [1.165, 1.54) is 0 Å². The van der Waals surface area contributed by atoms with Crippen molar-refractivity contribution in [3.05, 3.63) is 52.1 Å². The Morgan fingerprint density at radius 2 is 2.06 bits per heavy atom. The Kier molecular flexibility index (Phi) is 2.59. The van der Waals surface area contributed by atoms with Crippen molar-refractivity contribution in [1.29, 1.82) is 0 Å². The third-order valence-corrected chi connectivity index (χ3v) is 3.37. The lowest BCUT2D eigenvalue weighted by Crippen LogP contribution is -1.94. The molecular weight excluding hydrogens is 250 g/mol. The summed E-state index contributed by atoms with van der Waals surface area (Å²) in [5, 5.41) is 5.16. The number of hydrogen-bond acceptors (Lipinski definition) is 3. The standard InChI is InChI=1S/C13H12ClN3O/c1-8-9(2)18-13-15-12(16-17(8)13)7-10-5-3-4-6-11(10)14/h3-6H,7H2,1-2H3. The average Bonchev–Trinajstić information content (AvgIpc) is 2.84. The lowest BCUT2D eigenvalue weighted by atomic mass is 10.1. The van der Waals surface area contributed by atoms with Crippen LogP contribution in [0.1, 0.15) is 22.8 Å². The van der Waals surface area contributed by atoms with Crippen molar-refractivity contribution in [3.63, 3.8) is 0 Å². The van der Waals surface area contributed by atoms with E-state index < -0.39 is 0 Å². The molecule has 0 radical (unpaired) electrons. The van der Waals surface area contributed by atoms with E-state index >= 15 is 0 Å². The Morgan fingerprint density at radius 3 is 2.78 bits per heavy atom. The molecule has 2 heterocycles. The summed E-state index contributed by atoms with van der Waals surface area (Å²) in [5.41, 5.74) is 1.99. The fraction of sp³-hybridized carbons (Fsp3) is 0.231. The van der Waals surface area contributed by atoms with E-state index in [0.717, 1.165) is 22.0 Å². The molecular formula is C13H12ClN3O. The Bertz CT molecular complexity index is 714. The van der Waals surface area contributed by atoms with Gasteiger partial charge in [-0.05, 0) is 25.5 Å². The van der Waals surface area contributed by atoms with Crippen LogP contribution in [-0.4, -0.2) is 14.6 Å². The maximum atomic E-state index is 6.12. The summed E-state index contributed by atoms with van der Waals surface area (Å²) in [5.74, 6) is 2.09. The van der Waals surface area contributed by atoms with Crippen molar-refractivity contribution in [3.8, 4) is 0 Å². The van der Waals surface area contributed by atoms with Crippen molar-refractivity contribution in [2.45, 2.75) is 20.3 Å². The molecule has 3 aromatic rings. The van der Waals surface area contributed by atoms with Crippen LogP contribution in [0.5, 0.6) is 0 Å². The second kappa shape index (κ2) is 4.14. The minimum absolute atomic E-state index is 0.534. The lowest BCUT2D eigenvalue weighted by Gasteiger charge is -1.99. The van der Waals surface area contributed by atoms with E-state index in [9.17, 15) is 0 Å². The lowest BCUT2D eigenvalue weighted by molar-refractivity contribution is 0.559. The van der Waals surface area contributed by atoms with Crippen molar-refractivity contribution < 1.29 is 4.42 Å². The van der Waals surface area contributed by atoms with Gasteiger partial charge in [-0.15, -0.1) is 5.10 Å². The first-order valence-electron chi connectivity index (χ1n) is 5.70. The van der Waals surface area contributed by atoms with Crippen molar-refractivity contribution in [2.24, 2.45) is 0 Å². The summed E-state index contributed by atoms with van der Waals surface area (Å²) in [7, 11) is 0. The Hall–Kier alpha value is -1.81. The van der Waals surface area contributed by atoms with Gasteiger partial charge in [-0.2, -0.15) is 9.50 Å². The normalized spacial score (nSPS) is 11.3. The molecule has 0 atom stereocenters. The summed E-state index contributed by atoms with van der Waals surface area (Å²) in [6.07, 6.45) is 0.607. The number of hydrogen-bond donors (Lipinski definition) is 0. The van der Waals surface area contributed by atoms with Gasteiger partial charge in [0, 0.05) is 11.4 Å². The van der Waals surface area contributed by atoms with Gasteiger partial charge >= 0.3 is 5.84 Å². The van der Waals surface area contributed by atoms with Crippen LogP contribution >= 0.6 is 11.6 Å². The molecule has 0 unspecified atom stereocenters. The minimum atomic E-state index is 0.534. The zero-order valence-electron chi connectivity index (χ0n) is 10.1. The van der Waals surface area contributed by atoms with Gasteiger partial charge in [0.05, 0.1) is 5.69 Å². The van der Waals surface area contributed by atoms with E-state index in [1.807, 2.05) is 38.1 Å². The third kappa shape index (κ3) is 1.78. The van der Waals surface area contributed by atoms with Gasteiger partial charge in [0.25, 0.3) is 0 Å². The molecule has 92 valence electrons. The molecule has 0 N–H and O–H groups in total. The molecule has 0 aliphatic rings. The van der Waals surface area contributed by atoms with Crippen molar-refractivity contribution >= 4 is 17.4 Å². The number of aromatic nitrogens is 3. The molecule has 0 aliphatic carbocycles. The van der Waals surface area contributed by atoms with Crippen LogP contribution in [0.4, 0.5) is 0 Å². The molecule has 3 rings (SSSR count). The number of oxazole rings is 1. The minimum Gasteiger partial charge on any atom is -0.427 e. The molecule has 0 spiro atoms. The molecule has 0 bridgehead atoms. The van der Waals surface area contributed by atoms with Gasteiger partial charge in [-0.25, -0.2) is 0 Å². The number of halogens is 1. The third-order valence-electron chi connectivity index (χ3n) is 3.00. The van der Waals surface area contributed by atoms with E-state index in [0.29, 0.717) is 18.1 Å². The first kappa shape index (κ1) is 11.3. The molecule has 2 aromatic heterocycles. The molecule has 0 fully saturated rings. The predicted octanol–water partition coefficient (Wildman–Crippen LogP) is 3.18. The van der Waals surface area contributed by atoms with Gasteiger partial charge in [0.15, 0.2) is 5.82 Å². The van der Waals surface area contributed by atoms with Gasteiger partial charge in [-0.1, -0.05) is 29.8 Å². The Balaban J connectivity index is 1.98. The van der Waals surface area contributed by atoms with E-state index in [2.05, 4.69) is 10.1 Å². The summed E-state index contributed by atoms with van der Waals surface area (Å²) < 4.78 is 7.23. The van der Waals surface area contributed by atoms with Crippen molar-refractivity contribution in [1.82, 2.24) is 14.6 Å². The summed E-state index contributed by atoms with van der Waals surface area (Å²) in [6.45, 7) is 3.86. The van der Waals surface area contributed by atoms with Gasteiger partial charge < -0.3 is 4.42 Å². The summed E-state index contributed by atoms with van der Waals surface area (Å²) in [6, 6.07) is 7.71. The predicted molar refractivity (Wildman–Crippen MR) is 69.0 cm³/mol. The monoisotopic (exact) mass is 261 g/mol. The first-order valence-corrected chi connectivity index (χ1v) is 6.08. The second-order valence-corrected chi connectivity index (χ2v) is 4.64. The van der Waals surface area contributed by atoms with E-state index in [-0.39, 0.29) is 0 Å². The molecule has 4 nitrogen and oxygen atoms in total. The molecule has 0 saturated heterocycles. The summed E-state index contributed by atoms with van der Waals surface area (Å²) >= 11 is 6.12. The average molecular weight is 262 g/mol. The summed E-state index contributed by atoms with van der Waals surface area (Å²) in [4.78, 5) is 4.36. The van der Waals surface area contributed by atoms with Crippen LogP contribution < -0.4 is 0 Å². The Morgan fingerprint density at radius 1 is 1.28 bits per heavy atom. The highest BCUT2D eigenvalue weighted by Crippen LogP contribution is 2.19. The van der Waals surface area contributed by atoms with Crippen molar-refractivity contribution in [2.75, 3.05) is 0 Å². The van der Waals surface area contributed by atoms with Crippen LogP contribution in [0.3, 0.4) is 0 Å². The zero-order chi connectivity index (χ0) is 12.7. The van der Waals surface area contributed by atoms with E-state index in [4.69, 9.17) is 16.0 Å². The largest absolute Gasteiger partial charge is 0.427 e. The highest BCUT2D eigenvalue weighted by Gasteiger charge is 2.13. The molecule has 5 heteroatoms. The fourth-order valence-electron chi connectivity index (χ4n) is 1.87. The number of aryl methyl sites for hydroxylation is 2. The highest BCUT2D eigenvalue weighted by molar-refractivity contribution is 6.31. The number of nitrogens with zero attached hydrogens (tertiary/aromatic N) is 3. The van der Waals surface area contributed by atoms with Gasteiger partial charge in [-0.3, -0.25) is 0 Å². The molecule has 0 amide bonds. The number of fused-ring (bicyclic) bond motifs is 1. The van der Waals surface area contributed by atoms with Gasteiger partial charge in [0.1, 0.15) is 5.76 Å². The number of benzene rings is 1. The van der Waals surface area contributed by atoms with E-state index in [1.54, 1.807) is 4.52 Å². The fourth-order valence-corrected chi connectivity index (χ4v) is 2.07. The van der Waals surface area contributed by atoms with Crippen LogP contribution in [0.2, 0.25) is 5.02 Å². The topological polar surface area (TPSA) is 43.3 Å². The zero-order valence-corrected chi connectivity index (χ0v) is 10.9. The quantitative estimate of drug-likeness (QED) is 0.712. The SMILES string of the molecule is Cc1oc2nc(Cc3ccccc3Cl)nn2c1C. The molecule has 18 heavy (non-hydrogen) atoms. The van der Waals surface area contributed by atoms with Crippen LogP contribution in [0.25, 0.3) is 5.84 Å². The van der Waals surface area contributed by atoms with Crippen LogP contribution in [0.15, 0.2) is 28.7 Å². The highest BCUT2D eigenvalue weighted by atomic mass is 35.5. The Labute approximate surface area is 109 Å². The maximum Gasteiger partial charge on any atom is 0.325 e. The molecule has 0 aliphatic heterocycles. The maximum absolute atomic E-state index is 6.12. The van der Waals surface area contributed by atoms with Crippen LogP contribution in [0, 0.1) is 13.8 Å².